The van der Waals surface area contributed by atoms with Crippen molar-refractivity contribution in [2.24, 2.45) is 0 Å². The minimum Gasteiger partial charge on any atom is -0.506 e. The first-order valence-corrected chi connectivity index (χ1v) is 5.91. The number of hydrogen-bond donors (Lipinski definition) is 2. The Bertz CT molecular complexity index is 568. The molecule has 0 spiro atoms. The van der Waals surface area contributed by atoms with Gasteiger partial charge in [0.05, 0.1) is 26.0 Å². The van der Waals surface area contributed by atoms with E-state index in [1.807, 2.05) is 0 Å². The van der Waals surface area contributed by atoms with Gasteiger partial charge in [0.15, 0.2) is 0 Å². The average Bonchev–Trinajstić information content (AvgIpc) is 2.45. The number of phenols is 1. The number of hydrogen-bond acceptors (Lipinski definition) is 6. The van der Waals surface area contributed by atoms with Gasteiger partial charge in [-0.1, -0.05) is 17.7 Å². The van der Waals surface area contributed by atoms with Crippen LogP contribution in [0.2, 0.25) is 5.02 Å². The van der Waals surface area contributed by atoms with Crippen molar-refractivity contribution in [3.05, 3.63) is 34.5 Å². The molecule has 0 aliphatic carbocycles. The standard InChI is InChI=1S/C13H14ClNO5/c1-7-4-5-8(11(14)12(7)17)15-9(13(18)20-3)6-10(16)19-2/h4-6,15,17H,1-3H3/b9-6+. The number of halogens is 1. The van der Waals surface area contributed by atoms with E-state index in [1.54, 1.807) is 19.1 Å². The first-order chi connectivity index (χ1) is 9.40. The van der Waals surface area contributed by atoms with E-state index in [2.05, 4.69) is 14.8 Å². The van der Waals surface area contributed by atoms with Gasteiger partial charge in [-0.05, 0) is 18.6 Å². The molecule has 0 fully saturated rings. The molecule has 0 unspecified atom stereocenters. The number of benzene rings is 1. The summed E-state index contributed by atoms with van der Waals surface area (Å²) in [4.78, 5) is 22.8. The number of methoxy groups -OCH3 is 2. The number of anilines is 1. The SMILES string of the molecule is COC(=O)/C=C(/Nc1ccc(C)c(O)c1Cl)C(=O)OC. The van der Waals surface area contributed by atoms with Crippen LogP contribution in [0, 0.1) is 6.92 Å². The maximum atomic E-state index is 11.6. The third-order valence-corrected chi connectivity index (χ3v) is 2.84. The summed E-state index contributed by atoms with van der Waals surface area (Å²) in [6.07, 6.45) is 0.930. The summed E-state index contributed by atoms with van der Waals surface area (Å²) in [5.74, 6) is -1.61. The summed E-state index contributed by atoms with van der Waals surface area (Å²) in [6, 6.07) is 3.17. The fourth-order valence-electron chi connectivity index (χ4n) is 1.34. The molecular weight excluding hydrogens is 286 g/mol. The lowest BCUT2D eigenvalue weighted by atomic mass is 10.2. The minimum atomic E-state index is -0.772. The zero-order valence-electron chi connectivity index (χ0n) is 11.2. The van der Waals surface area contributed by atoms with Crippen LogP contribution in [0.3, 0.4) is 0 Å². The third-order valence-electron chi connectivity index (χ3n) is 2.46. The van der Waals surface area contributed by atoms with Crippen LogP contribution < -0.4 is 5.32 Å². The molecule has 108 valence electrons. The number of rotatable bonds is 4. The molecule has 0 aliphatic heterocycles. The predicted molar refractivity (Wildman–Crippen MR) is 73.6 cm³/mol. The number of phenolic OH excluding ortho intramolecular Hbond substituents is 1. The van der Waals surface area contributed by atoms with Crippen molar-refractivity contribution < 1.29 is 24.2 Å². The van der Waals surface area contributed by atoms with Crippen LogP contribution in [0.5, 0.6) is 5.75 Å². The van der Waals surface area contributed by atoms with Crippen molar-refractivity contribution in [3.63, 3.8) is 0 Å². The van der Waals surface area contributed by atoms with E-state index < -0.39 is 11.9 Å². The highest BCUT2D eigenvalue weighted by molar-refractivity contribution is 6.35. The van der Waals surface area contributed by atoms with Crippen molar-refractivity contribution in [1.82, 2.24) is 0 Å². The van der Waals surface area contributed by atoms with E-state index in [1.165, 1.54) is 14.2 Å². The maximum Gasteiger partial charge on any atom is 0.354 e. The van der Waals surface area contributed by atoms with Gasteiger partial charge in [-0.2, -0.15) is 0 Å². The Kier molecular flexibility index (Phi) is 5.40. The van der Waals surface area contributed by atoms with Crippen molar-refractivity contribution in [3.8, 4) is 5.75 Å². The Hall–Kier alpha value is -2.21. The second kappa shape index (κ2) is 6.81. The zero-order chi connectivity index (χ0) is 15.3. The van der Waals surface area contributed by atoms with Crippen LogP contribution in [0.1, 0.15) is 5.56 Å². The smallest absolute Gasteiger partial charge is 0.354 e. The largest absolute Gasteiger partial charge is 0.506 e. The van der Waals surface area contributed by atoms with Crippen LogP contribution in [0.15, 0.2) is 23.9 Å². The van der Waals surface area contributed by atoms with Crippen LogP contribution in [0.25, 0.3) is 0 Å². The van der Waals surface area contributed by atoms with E-state index in [9.17, 15) is 14.7 Å². The van der Waals surface area contributed by atoms with Gasteiger partial charge in [0.25, 0.3) is 0 Å². The topological polar surface area (TPSA) is 84.9 Å². The molecule has 0 saturated carbocycles. The van der Waals surface area contributed by atoms with E-state index in [0.29, 0.717) is 5.56 Å². The fourth-order valence-corrected chi connectivity index (χ4v) is 1.59. The number of aromatic hydroxyl groups is 1. The first-order valence-electron chi connectivity index (χ1n) is 5.53. The lowest BCUT2D eigenvalue weighted by Gasteiger charge is -2.12. The second-order valence-corrected chi connectivity index (χ2v) is 4.17. The molecule has 1 aromatic rings. The Morgan fingerprint density at radius 1 is 1.30 bits per heavy atom. The Morgan fingerprint density at radius 2 is 1.95 bits per heavy atom. The number of carbonyl (C=O) groups is 2. The summed E-state index contributed by atoms with van der Waals surface area (Å²) in [7, 11) is 2.35. The molecule has 0 heterocycles. The molecule has 0 aliphatic rings. The molecule has 0 amide bonds. The fraction of sp³-hybridized carbons (Fsp3) is 0.231. The number of nitrogens with one attached hydrogen (secondary N) is 1. The summed E-state index contributed by atoms with van der Waals surface area (Å²) >= 11 is 5.95. The Balaban J connectivity index is 3.14. The monoisotopic (exact) mass is 299 g/mol. The van der Waals surface area contributed by atoms with Gasteiger partial charge in [0.1, 0.15) is 16.5 Å². The van der Waals surface area contributed by atoms with Gasteiger partial charge in [-0.15, -0.1) is 0 Å². The highest BCUT2D eigenvalue weighted by Crippen LogP contribution is 2.34. The molecule has 1 rings (SSSR count). The molecular formula is C13H14ClNO5. The molecule has 0 radical (unpaired) electrons. The molecule has 0 saturated heterocycles. The van der Waals surface area contributed by atoms with E-state index in [4.69, 9.17) is 11.6 Å². The Morgan fingerprint density at radius 3 is 2.50 bits per heavy atom. The molecule has 0 bridgehead atoms. The molecule has 2 N–H and O–H groups in total. The molecule has 6 nitrogen and oxygen atoms in total. The molecule has 0 aromatic heterocycles. The lowest BCUT2D eigenvalue weighted by molar-refractivity contribution is -0.138. The molecule has 7 heteroatoms. The van der Waals surface area contributed by atoms with Crippen molar-refractivity contribution >= 4 is 29.2 Å². The van der Waals surface area contributed by atoms with Crippen LogP contribution in [0.4, 0.5) is 5.69 Å². The summed E-state index contributed by atoms with van der Waals surface area (Å²) < 4.78 is 8.98. The van der Waals surface area contributed by atoms with Crippen LogP contribution >= 0.6 is 11.6 Å². The van der Waals surface area contributed by atoms with Crippen LogP contribution in [-0.4, -0.2) is 31.3 Å². The first kappa shape index (κ1) is 15.8. The highest BCUT2D eigenvalue weighted by atomic mass is 35.5. The zero-order valence-corrected chi connectivity index (χ0v) is 11.9. The highest BCUT2D eigenvalue weighted by Gasteiger charge is 2.16. The minimum absolute atomic E-state index is 0.0321. The van der Waals surface area contributed by atoms with Gasteiger partial charge in [-0.25, -0.2) is 9.59 Å². The maximum absolute atomic E-state index is 11.6. The van der Waals surface area contributed by atoms with E-state index in [0.717, 1.165) is 6.08 Å². The molecule has 20 heavy (non-hydrogen) atoms. The van der Waals surface area contributed by atoms with Gasteiger partial charge < -0.3 is 19.9 Å². The van der Waals surface area contributed by atoms with Gasteiger partial charge in [0, 0.05) is 0 Å². The van der Waals surface area contributed by atoms with Crippen molar-refractivity contribution in [2.45, 2.75) is 6.92 Å². The third kappa shape index (κ3) is 3.64. The quantitative estimate of drug-likeness (QED) is 0.653. The predicted octanol–water partition coefficient (Wildman–Crippen LogP) is 2.00. The van der Waals surface area contributed by atoms with Gasteiger partial charge in [-0.3, -0.25) is 0 Å². The second-order valence-electron chi connectivity index (χ2n) is 3.79. The van der Waals surface area contributed by atoms with E-state index >= 15 is 0 Å². The summed E-state index contributed by atoms with van der Waals surface area (Å²) in [6.45, 7) is 1.68. The summed E-state index contributed by atoms with van der Waals surface area (Å²) in [5, 5.41) is 12.4. The molecule has 0 atom stereocenters. The normalized spacial score (nSPS) is 10.9. The van der Waals surface area contributed by atoms with E-state index in [-0.39, 0.29) is 22.2 Å². The van der Waals surface area contributed by atoms with Gasteiger partial charge >= 0.3 is 11.9 Å². The average molecular weight is 300 g/mol. The van der Waals surface area contributed by atoms with Crippen molar-refractivity contribution in [2.75, 3.05) is 19.5 Å². The number of ether oxygens (including phenoxy) is 2. The lowest BCUT2D eigenvalue weighted by Crippen LogP contribution is -2.15. The number of carbonyl (C=O) groups excluding carboxylic acids is 2. The molecule has 1 aromatic carbocycles. The van der Waals surface area contributed by atoms with Gasteiger partial charge in [0.2, 0.25) is 0 Å². The number of esters is 2. The van der Waals surface area contributed by atoms with Crippen molar-refractivity contribution in [1.29, 1.82) is 0 Å². The summed E-state index contributed by atoms with van der Waals surface area (Å²) in [5.41, 5.74) is 0.678. The number of aryl methyl sites for hydroxylation is 1. The Labute approximate surface area is 120 Å². The van der Waals surface area contributed by atoms with Crippen LogP contribution in [-0.2, 0) is 19.1 Å².